The van der Waals surface area contributed by atoms with Gasteiger partial charge in [0.1, 0.15) is 6.33 Å². The number of likely N-dealkylation sites (tertiary alicyclic amines) is 1. The molecule has 1 saturated carbocycles. The van der Waals surface area contributed by atoms with Crippen LogP contribution in [0.1, 0.15) is 82.0 Å². The maximum absolute atomic E-state index is 4.87. The molecule has 1 N–H and O–H groups in total. The van der Waals surface area contributed by atoms with Crippen LogP contribution in [0.4, 0.5) is 0 Å². The van der Waals surface area contributed by atoms with Crippen LogP contribution in [0, 0.1) is 12.3 Å². The predicted molar refractivity (Wildman–Crippen MR) is 137 cm³/mol. The van der Waals surface area contributed by atoms with Crippen molar-refractivity contribution in [3.63, 3.8) is 0 Å². The Morgan fingerprint density at radius 2 is 1.82 bits per heavy atom. The largest absolute Gasteiger partial charge is 0.299 e. The summed E-state index contributed by atoms with van der Waals surface area (Å²) in [5, 5.41) is 13.9. The molecule has 0 radical (unpaired) electrons. The number of pyridine rings is 1. The number of hydrogen-bond acceptors (Lipinski definition) is 4. The average molecular weight is 457 g/mol. The van der Waals surface area contributed by atoms with Crippen molar-refractivity contribution in [2.75, 3.05) is 13.1 Å². The summed E-state index contributed by atoms with van der Waals surface area (Å²) in [6.45, 7) is 14.0. The molecule has 1 aliphatic carbocycles. The number of benzene rings is 1. The Bertz CT molecular complexity index is 1340. The molecule has 1 aromatic carbocycles. The molecule has 4 aromatic rings. The summed E-state index contributed by atoms with van der Waals surface area (Å²) in [7, 11) is 0. The number of nitrogens with one attached hydrogen (secondary N) is 1. The minimum Gasteiger partial charge on any atom is -0.299 e. The standard InChI is InChI=1S/C28H36N6/c1-17(2)22-11-24-25(12-23(22)20-10-18(3)27-29-16-30-34(27)13-20)31-32-26(24)19-6-8-21(9-7-19)33-14-28(4,5)15-33/h10-13,16-17,19,21H,6-9,14-15H2,1-5H3,(H,31,32). The van der Waals surface area contributed by atoms with Crippen molar-refractivity contribution in [3.05, 3.63) is 47.5 Å². The van der Waals surface area contributed by atoms with E-state index in [1.807, 2.05) is 4.52 Å². The van der Waals surface area contributed by atoms with Crippen LogP contribution in [0.15, 0.2) is 30.7 Å². The minimum absolute atomic E-state index is 0.416. The molecule has 0 amide bonds. The van der Waals surface area contributed by atoms with Gasteiger partial charge >= 0.3 is 0 Å². The first-order chi connectivity index (χ1) is 16.3. The van der Waals surface area contributed by atoms with Crippen molar-refractivity contribution in [3.8, 4) is 11.1 Å². The Hall–Kier alpha value is -2.73. The first kappa shape index (κ1) is 21.8. The zero-order chi connectivity index (χ0) is 23.6. The lowest BCUT2D eigenvalue weighted by atomic mass is 9.77. The van der Waals surface area contributed by atoms with Gasteiger partial charge in [0.25, 0.3) is 0 Å². The van der Waals surface area contributed by atoms with Crippen LogP contribution < -0.4 is 0 Å². The molecule has 2 aliphatic rings. The minimum atomic E-state index is 0.416. The van der Waals surface area contributed by atoms with E-state index in [2.05, 4.69) is 79.1 Å². The molecule has 3 aromatic heterocycles. The highest BCUT2D eigenvalue weighted by atomic mass is 15.3. The lowest BCUT2D eigenvalue weighted by molar-refractivity contribution is -0.0193. The van der Waals surface area contributed by atoms with Crippen molar-refractivity contribution >= 4 is 16.6 Å². The second kappa shape index (κ2) is 7.91. The van der Waals surface area contributed by atoms with Gasteiger partial charge < -0.3 is 0 Å². The number of fused-ring (bicyclic) bond motifs is 2. The van der Waals surface area contributed by atoms with Gasteiger partial charge in [-0.15, -0.1) is 0 Å². The SMILES string of the molecule is Cc1cc(-c2cc3[nH]nc(C4CCC(N5CC(C)(C)C5)CC4)c3cc2C(C)C)cn2ncnc12. The van der Waals surface area contributed by atoms with Gasteiger partial charge in [0.15, 0.2) is 5.65 Å². The second-order valence-electron chi connectivity index (χ2n) is 11.8. The monoisotopic (exact) mass is 456 g/mol. The molecule has 1 saturated heterocycles. The number of hydrogen-bond donors (Lipinski definition) is 1. The summed E-state index contributed by atoms with van der Waals surface area (Å²) in [6.07, 6.45) is 8.78. The molecular formula is C28H36N6. The van der Waals surface area contributed by atoms with Crippen molar-refractivity contribution in [1.29, 1.82) is 0 Å². The molecule has 0 spiro atoms. The fourth-order valence-electron chi connectivity index (χ4n) is 6.41. The number of aryl methyl sites for hydroxylation is 1. The van der Waals surface area contributed by atoms with Crippen LogP contribution >= 0.6 is 0 Å². The third-order valence-corrected chi connectivity index (χ3v) is 8.12. The maximum Gasteiger partial charge on any atom is 0.158 e. The van der Waals surface area contributed by atoms with Gasteiger partial charge in [-0.25, -0.2) is 9.50 Å². The lowest BCUT2D eigenvalue weighted by Crippen LogP contribution is -2.57. The van der Waals surface area contributed by atoms with Gasteiger partial charge in [0.05, 0.1) is 11.2 Å². The van der Waals surface area contributed by atoms with Gasteiger partial charge in [-0.1, -0.05) is 27.7 Å². The molecule has 0 unspecified atom stereocenters. The first-order valence-electron chi connectivity index (χ1n) is 12.9. The van der Waals surface area contributed by atoms with Crippen molar-refractivity contribution < 1.29 is 0 Å². The quantitative estimate of drug-likeness (QED) is 0.405. The average Bonchev–Trinajstić information content (AvgIpc) is 3.43. The maximum atomic E-state index is 4.87. The first-order valence-corrected chi connectivity index (χ1v) is 12.9. The number of H-pyrrole nitrogens is 1. The van der Waals surface area contributed by atoms with Crippen LogP contribution in [0.25, 0.3) is 27.7 Å². The van der Waals surface area contributed by atoms with E-state index in [4.69, 9.17) is 5.10 Å². The van der Waals surface area contributed by atoms with E-state index in [1.54, 1.807) is 6.33 Å². The molecule has 6 rings (SSSR count). The van der Waals surface area contributed by atoms with E-state index >= 15 is 0 Å². The fraction of sp³-hybridized carbons (Fsp3) is 0.536. The number of aromatic amines is 1. The molecule has 6 heteroatoms. The van der Waals surface area contributed by atoms with Gasteiger partial charge in [-0.05, 0) is 78.8 Å². The number of nitrogens with zero attached hydrogens (tertiary/aromatic N) is 5. The Kier molecular flexibility index (Phi) is 5.07. The van der Waals surface area contributed by atoms with Crippen molar-refractivity contribution in [2.45, 2.75) is 78.2 Å². The van der Waals surface area contributed by atoms with Gasteiger partial charge in [0.2, 0.25) is 0 Å². The highest BCUT2D eigenvalue weighted by Crippen LogP contribution is 2.42. The van der Waals surface area contributed by atoms with Gasteiger partial charge in [0, 0.05) is 42.2 Å². The van der Waals surface area contributed by atoms with Gasteiger partial charge in [-0.3, -0.25) is 10.00 Å². The Labute approximate surface area is 201 Å². The van der Waals surface area contributed by atoms with Crippen LogP contribution in [-0.2, 0) is 0 Å². The normalized spacial score (nSPS) is 23.1. The van der Waals surface area contributed by atoms with Gasteiger partial charge in [-0.2, -0.15) is 10.2 Å². The molecular weight excluding hydrogens is 420 g/mol. The molecule has 2 fully saturated rings. The predicted octanol–water partition coefficient (Wildman–Crippen LogP) is 6.07. The lowest BCUT2D eigenvalue weighted by Gasteiger charge is -2.51. The van der Waals surface area contributed by atoms with Crippen LogP contribution in [0.2, 0.25) is 0 Å². The smallest absolute Gasteiger partial charge is 0.158 e. The highest BCUT2D eigenvalue weighted by molar-refractivity contribution is 5.89. The number of aromatic nitrogens is 5. The van der Waals surface area contributed by atoms with E-state index in [1.165, 1.54) is 66.5 Å². The van der Waals surface area contributed by atoms with Crippen molar-refractivity contribution in [2.24, 2.45) is 5.41 Å². The van der Waals surface area contributed by atoms with Crippen LogP contribution in [0.5, 0.6) is 0 Å². The Morgan fingerprint density at radius 3 is 2.53 bits per heavy atom. The summed E-state index contributed by atoms with van der Waals surface area (Å²) in [4.78, 5) is 7.08. The molecule has 0 atom stereocenters. The molecule has 4 heterocycles. The topological polar surface area (TPSA) is 62.1 Å². The van der Waals surface area contributed by atoms with E-state index in [0.29, 0.717) is 17.3 Å². The van der Waals surface area contributed by atoms with E-state index < -0.39 is 0 Å². The second-order valence-corrected chi connectivity index (χ2v) is 11.8. The summed E-state index contributed by atoms with van der Waals surface area (Å²) in [5.74, 6) is 0.971. The van der Waals surface area contributed by atoms with Crippen molar-refractivity contribution in [1.82, 2.24) is 29.7 Å². The van der Waals surface area contributed by atoms with E-state index in [0.717, 1.165) is 22.8 Å². The molecule has 6 nitrogen and oxygen atoms in total. The molecule has 34 heavy (non-hydrogen) atoms. The van der Waals surface area contributed by atoms with Crippen LogP contribution in [0.3, 0.4) is 0 Å². The zero-order valence-corrected chi connectivity index (χ0v) is 21.1. The molecule has 1 aliphatic heterocycles. The Balaban J connectivity index is 1.31. The Morgan fingerprint density at radius 1 is 1.06 bits per heavy atom. The summed E-state index contributed by atoms with van der Waals surface area (Å²) in [6, 6.07) is 7.69. The third kappa shape index (κ3) is 3.63. The fourth-order valence-corrected chi connectivity index (χ4v) is 6.41. The highest BCUT2D eigenvalue weighted by Gasteiger charge is 2.39. The van der Waals surface area contributed by atoms with E-state index in [9.17, 15) is 0 Å². The summed E-state index contributed by atoms with van der Waals surface area (Å²) < 4.78 is 1.88. The summed E-state index contributed by atoms with van der Waals surface area (Å²) in [5.41, 5.74) is 8.76. The molecule has 178 valence electrons. The zero-order valence-electron chi connectivity index (χ0n) is 21.1. The summed E-state index contributed by atoms with van der Waals surface area (Å²) >= 11 is 0. The number of rotatable bonds is 4. The van der Waals surface area contributed by atoms with E-state index in [-0.39, 0.29) is 0 Å². The third-order valence-electron chi connectivity index (χ3n) is 8.12. The van der Waals surface area contributed by atoms with Crippen LogP contribution in [-0.4, -0.2) is 48.8 Å². The molecule has 0 bridgehead atoms.